The van der Waals surface area contributed by atoms with Crippen LogP contribution in [0.2, 0.25) is 0 Å². The van der Waals surface area contributed by atoms with Gasteiger partial charge in [-0.3, -0.25) is 4.79 Å². The first kappa shape index (κ1) is 18.2. The molecule has 1 heterocycles. The SMILES string of the molecule is C=C/C=C(\N=C)NC(=O)c1ccc(B2OC(C)(C)C(C)(C)O2)cc1. The fourth-order valence-electron chi connectivity index (χ4n) is 2.20. The summed E-state index contributed by atoms with van der Waals surface area (Å²) >= 11 is 0. The zero-order valence-electron chi connectivity index (χ0n) is 14.6. The van der Waals surface area contributed by atoms with Crippen LogP contribution < -0.4 is 10.8 Å². The van der Waals surface area contributed by atoms with Crippen LogP contribution in [0.1, 0.15) is 38.1 Å². The van der Waals surface area contributed by atoms with Crippen LogP contribution in [0.3, 0.4) is 0 Å². The number of hydrogen-bond acceptors (Lipinski definition) is 4. The lowest BCUT2D eigenvalue weighted by Gasteiger charge is -2.32. The topological polar surface area (TPSA) is 59.9 Å². The maximum atomic E-state index is 12.2. The van der Waals surface area contributed by atoms with Crippen LogP contribution in [-0.4, -0.2) is 30.9 Å². The maximum Gasteiger partial charge on any atom is 0.494 e. The van der Waals surface area contributed by atoms with E-state index in [-0.39, 0.29) is 5.91 Å². The minimum Gasteiger partial charge on any atom is -0.399 e. The molecule has 1 N–H and O–H groups in total. The van der Waals surface area contributed by atoms with Gasteiger partial charge in [0.05, 0.1) is 11.2 Å². The highest BCUT2D eigenvalue weighted by Crippen LogP contribution is 2.36. The van der Waals surface area contributed by atoms with Crippen LogP contribution >= 0.6 is 0 Å². The Kier molecular flexibility index (Phi) is 5.11. The van der Waals surface area contributed by atoms with Crippen molar-refractivity contribution < 1.29 is 14.1 Å². The molecule has 0 aromatic heterocycles. The summed E-state index contributed by atoms with van der Waals surface area (Å²) < 4.78 is 12.0. The predicted octanol–water partition coefficient (Wildman–Crippen LogP) is 2.44. The summed E-state index contributed by atoms with van der Waals surface area (Å²) in [5, 5.41) is 2.66. The number of amides is 1. The molecule has 1 aromatic rings. The molecule has 0 unspecified atom stereocenters. The maximum absolute atomic E-state index is 12.2. The Labute approximate surface area is 143 Å². The van der Waals surface area contributed by atoms with E-state index in [1.54, 1.807) is 18.2 Å². The van der Waals surface area contributed by atoms with Gasteiger partial charge in [0, 0.05) is 5.56 Å². The van der Waals surface area contributed by atoms with E-state index in [2.05, 4.69) is 23.6 Å². The number of allylic oxidation sites excluding steroid dienone is 2. The van der Waals surface area contributed by atoms with Gasteiger partial charge in [0.1, 0.15) is 5.82 Å². The number of carbonyl (C=O) groups excluding carboxylic acids is 1. The molecular weight excluding hydrogens is 303 g/mol. The number of aliphatic imine (C=N–C) groups is 1. The first-order valence-electron chi connectivity index (χ1n) is 7.76. The van der Waals surface area contributed by atoms with Crippen LogP contribution in [-0.2, 0) is 9.31 Å². The Hall–Kier alpha value is -2.18. The van der Waals surface area contributed by atoms with Crippen molar-refractivity contribution in [2.75, 3.05) is 0 Å². The summed E-state index contributed by atoms with van der Waals surface area (Å²) in [5.74, 6) is 0.0843. The van der Waals surface area contributed by atoms with Gasteiger partial charge in [0.25, 0.3) is 5.91 Å². The zero-order valence-corrected chi connectivity index (χ0v) is 14.6. The molecule has 0 saturated carbocycles. The molecule has 6 heteroatoms. The smallest absolute Gasteiger partial charge is 0.399 e. The highest BCUT2D eigenvalue weighted by atomic mass is 16.7. The largest absolute Gasteiger partial charge is 0.494 e. The van der Waals surface area contributed by atoms with Crippen LogP contribution in [0.5, 0.6) is 0 Å². The van der Waals surface area contributed by atoms with E-state index in [1.165, 1.54) is 6.08 Å². The molecule has 0 aliphatic carbocycles. The minimum absolute atomic E-state index is 0.268. The second-order valence-corrected chi connectivity index (χ2v) is 6.61. The lowest BCUT2D eigenvalue weighted by Crippen LogP contribution is -2.41. The normalized spacial score (nSPS) is 19.0. The fraction of sp³-hybridized carbons (Fsp3) is 0.333. The van der Waals surface area contributed by atoms with Crippen molar-refractivity contribution in [3.8, 4) is 0 Å². The van der Waals surface area contributed by atoms with Crippen molar-refractivity contribution in [1.82, 2.24) is 5.32 Å². The van der Waals surface area contributed by atoms with Gasteiger partial charge in [0.15, 0.2) is 0 Å². The first-order valence-corrected chi connectivity index (χ1v) is 7.76. The Morgan fingerprint density at radius 3 is 2.17 bits per heavy atom. The van der Waals surface area contributed by atoms with Crippen LogP contribution in [0, 0.1) is 0 Å². The van der Waals surface area contributed by atoms with E-state index in [0.29, 0.717) is 11.4 Å². The van der Waals surface area contributed by atoms with E-state index >= 15 is 0 Å². The molecular formula is C18H23BN2O3. The number of carbonyl (C=O) groups is 1. The van der Waals surface area contributed by atoms with Crippen LogP contribution in [0.25, 0.3) is 0 Å². The van der Waals surface area contributed by atoms with Crippen molar-refractivity contribution in [1.29, 1.82) is 0 Å². The molecule has 5 nitrogen and oxygen atoms in total. The second kappa shape index (κ2) is 6.75. The van der Waals surface area contributed by atoms with E-state index in [0.717, 1.165) is 5.46 Å². The van der Waals surface area contributed by atoms with E-state index in [4.69, 9.17) is 9.31 Å². The van der Waals surface area contributed by atoms with E-state index in [1.807, 2.05) is 39.8 Å². The summed E-state index contributed by atoms with van der Waals surface area (Å²) in [6.45, 7) is 15.0. The molecule has 0 spiro atoms. The lowest BCUT2D eigenvalue weighted by molar-refractivity contribution is 0.00578. The van der Waals surface area contributed by atoms with Gasteiger partial charge in [0.2, 0.25) is 0 Å². The first-order chi connectivity index (χ1) is 11.2. The molecule has 0 radical (unpaired) electrons. The van der Waals surface area contributed by atoms with Gasteiger partial charge >= 0.3 is 7.12 Å². The monoisotopic (exact) mass is 326 g/mol. The number of rotatable bonds is 5. The van der Waals surface area contributed by atoms with Crippen molar-refractivity contribution in [3.63, 3.8) is 0 Å². The third-order valence-electron chi connectivity index (χ3n) is 4.39. The molecule has 0 atom stereocenters. The Bertz CT molecular complexity index is 662. The van der Waals surface area contributed by atoms with Gasteiger partial charge < -0.3 is 14.6 Å². The highest BCUT2D eigenvalue weighted by Gasteiger charge is 2.51. The molecule has 0 bridgehead atoms. The van der Waals surface area contributed by atoms with E-state index < -0.39 is 18.3 Å². The summed E-state index contributed by atoms with van der Waals surface area (Å²) in [6.07, 6.45) is 3.11. The average molecular weight is 326 g/mol. The van der Waals surface area contributed by atoms with Crippen molar-refractivity contribution in [3.05, 3.63) is 54.4 Å². The molecule has 1 fully saturated rings. The second-order valence-electron chi connectivity index (χ2n) is 6.61. The number of nitrogens with zero attached hydrogens (tertiary/aromatic N) is 1. The van der Waals surface area contributed by atoms with Gasteiger partial charge in [-0.25, -0.2) is 4.99 Å². The number of nitrogens with one attached hydrogen (secondary N) is 1. The fourth-order valence-corrected chi connectivity index (χ4v) is 2.20. The summed E-state index contributed by atoms with van der Waals surface area (Å²) in [6, 6.07) is 7.11. The zero-order chi connectivity index (χ0) is 18.0. The summed E-state index contributed by atoms with van der Waals surface area (Å²) in [4.78, 5) is 15.9. The molecule has 1 aliphatic rings. The Balaban J connectivity index is 2.12. The lowest BCUT2D eigenvalue weighted by atomic mass is 9.79. The molecule has 1 saturated heterocycles. The van der Waals surface area contributed by atoms with Crippen molar-refractivity contribution in [2.24, 2.45) is 4.99 Å². The molecule has 1 amide bonds. The van der Waals surface area contributed by atoms with E-state index in [9.17, 15) is 4.79 Å². The minimum atomic E-state index is -0.446. The third kappa shape index (κ3) is 3.66. The van der Waals surface area contributed by atoms with Crippen LogP contribution in [0.15, 0.2) is 53.8 Å². The molecule has 1 aromatic carbocycles. The molecule has 2 rings (SSSR count). The summed E-state index contributed by atoms with van der Waals surface area (Å²) in [7, 11) is -0.446. The average Bonchev–Trinajstić information content (AvgIpc) is 2.75. The molecule has 24 heavy (non-hydrogen) atoms. The number of benzene rings is 1. The number of hydrogen-bond donors (Lipinski definition) is 1. The van der Waals surface area contributed by atoms with Crippen LogP contribution in [0.4, 0.5) is 0 Å². The van der Waals surface area contributed by atoms with Gasteiger partial charge in [-0.2, -0.15) is 0 Å². The van der Waals surface area contributed by atoms with Crippen molar-refractivity contribution >= 4 is 25.2 Å². The summed E-state index contributed by atoms with van der Waals surface area (Å²) in [5.41, 5.74) is 0.587. The standard InChI is InChI=1S/C18H23BN2O3/c1-7-8-15(20-6)21-16(22)13-9-11-14(12-10-13)19-23-17(2,3)18(4,5)24-19/h7-12H,1,6H2,2-5H3,(H,21,22)/b15-8+. The molecule has 126 valence electrons. The predicted molar refractivity (Wildman–Crippen MR) is 97.5 cm³/mol. The Morgan fingerprint density at radius 1 is 1.17 bits per heavy atom. The highest BCUT2D eigenvalue weighted by molar-refractivity contribution is 6.62. The van der Waals surface area contributed by atoms with Gasteiger partial charge in [-0.1, -0.05) is 24.8 Å². The third-order valence-corrected chi connectivity index (χ3v) is 4.39. The van der Waals surface area contributed by atoms with Gasteiger partial charge in [-0.05, 0) is 58.1 Å². The van der Waals surface area contributed by atoms with Gasteiger partial charge in [-0.15, -0.1) is 0 Å². The van der Waals surface area contributed by atoms with Crippen molar-refractivity contribution in [2.45, 2.75) is 38.9 Å². The molecule has 1 aliphatic heterocycles. The Morgan fingerprint density at radius 2 is 1.71 bits per heavy atom. The quantitative estimate of drug-likeness (QED) is 0.514.